The van der Waals surface area contributed by atoms with Gasteiger partial charge in [0, 0.05) is 28.0 Å². The monoisotopic (exact) mass is 545 g/mol. The second-order valence-corrected chi connectivity index (χ2v) is 12.5. The van der Waals surface area contributed by atoms with E-state index in [2.05, 4.69) is 10.6 Å². The molecule has 1 saturated heterocycles. The summed E-state index contributed by atoms with van der Waals surface area (Å²) >= 11 is 5.79. The van der Waals surface area contributed by atoms with Crippen LogP contribution >= 0.6 is 11.6 Å². The van der Waals surface area contributed by atoms with Gasteiger partial charge in [-0.05, 0) is 34.5 Å². The maximum absolute atomic E-state index is 14.9. The molecule has 0 aliphatic carbocycles. The molecule has 39 heavy (non-hydrogen) atoms. The molecule has 0 radical (unpaired) electrons. The van der Waals surface area contributed by atoms with Crippen molar-refractivity contribution in [1.29, 1.82) is 0 Å². The summed E-state index contributed by atoms with van der Waals surface area (Å²) in [5.41, 5.74) is -0.385. The Morgan fingerprint density at radius 3 is 2.10 bits per heavy atom. The van der Waals surface area contributed by atoms with E-state index in [4.69, 9.17) is 11.6 Å². The zero-order chi connectivity index (χ0) is 29.3. The van der Waals surface area contributed by atoms with Gasteiger partial charge in [-0.2, -0.15) is 8.78 Å². The Morgan fingerprint density at radius 2 is 1.51 bits per heavy atom. The Morgan fingerprint density at radius 1 is 0.949 bits per heavy atom. The molecule has 2 aromatic rings. The van der Waals surface area contributed by atoms with Crippen molar-refractivity contribution in [3.05, 3.63) is 69.7 Å². The number of imide groups is 1. The van der Waals surface area contributed by atoms with Gasteiger partial charge in [0.15, 0.2) is 0 Å². The fourth-order valence-electron chi connectivity index (χ4n) is 5.31. The van der Waals surface area contributed by atoms with E-state index in [-0.39, 0.29) is 17.5 Å². The Balaban J connectivity index is 1.63. The number of carbonyl (C=O) groups is 4. The van der Waals surface area contributed by atoms with E-state index in [9.17, 15) is 28.0 Å². The zero-order valence-electron chi connectivity index (χ0n) is 23.0. The first-order chi connectivity index (χ1) is 17.8. The topological polar surface area (TPSA) is 95.6 Å². The number of hydrogen-bond acceptors (Lipinski definition) is 4. The average Bonchev–Trinajstić information content (AvgIpc) is 3.18. The van der Waals surface area contributed by atoms with Crippen molar-refractivity contribution >= 4 is 90.2 Å². The molecule has 2 aromatic carbocycles. The third-order valence-corrected chi connectivity index (χ3v) is 9.36. The summed E-state index contributed by atoms with van der Waals surface area (Å²) in [6, 6.07) is 9.64. The van der Waals surface area contributed by atoms with Gasteiger partial charge in [-0.1, -0.05) is 41.1 Å². The lowest BCUT2D eigenvalue weighted by Gasteiger charge is -2.59. The lowest BCUT2D eigenvalue weighted by Crippen LogP contribution is -2.75. The molecule has 2 aliphatic rings. The van der Waals surface area contributed by atoms with E-state index in [0.717, 1.165) is 12.1 Å². The summed E-state index contributed by atoms with van der Waals surface area (Å²) in [4.78, 5) is 53.6. The van der Waals surface area contributed by atoms with Crippen LogP contribution in [0.3, 0.4) is 0 Å². The lowest BCUT2D eigenvalue weighted by molar-refractivity contribution is -0.147. The second-order valence-electron chi connectivity index (χ2n) is 12.0. The van der Waals surface area contributed by atoms with Gasteiger partial charge in [-0.3, -0.25) is 24.5 Å². The first-order valence-corrected chi connectivity index (χ1v) is 12.9. The van der Waals surface area contributed by atoms with Crippen molar-refractivity contribution in [1.82, 2.24) is 15.5 Å². The zero-order valence-corrected chi connectivity index (χ0v) is 23.7. The average molecular weight is 545 g/mol. The molecule has 0 bridgehead atoms. The van der Waals surface area contributed by atoms with E-state index in [1.54, 1.807) is 73.1 Å². The van der Waals surface area contributed by atoms with E-state index in [1.807, 2.05) is 0 Å². The van der Waals surface area contributed by atoms with Gasteiger partial charge in [0.2, 0.25) is 11.8 Å². The Labute approximate surface area is 236 Å². The van der Waals surface area contributed by atoms with Gasteiger partial charge in [0.1, 0.15) is 54.9 Å². The first kappa shape index (κ1) is 29.1. The highest BCUT2D eigenvalue weighted by molar-refractivity contribution is 6.66. The van der Waals surface area contributed by atoms with Crippen LogP contribution in [-0.4, -0.2) is 88.9 Å². The summed E-state index contributed by atoms with van der Waals surface area (Å²) in [6.45, 7) is 0.0740. The third kappa shape index (κ3) is 4.26. The molecule has 2 N–H and O–H groups in total. The number of amides is 4. The number of nitrogens with zero attached hydrogens (tertiary/aromatic N) is 1. The van der Waals surface area contributed by atoms with Crippen LogP contribution in [0.2, 0.25) is 15.5 Å². The van der Waals surface area contributed by atoms with Crippen LogP contribution in [0.5, 0.6) is 0 Å². The molecule has 0 saturated carbocycles. The Bertz CT molecular complexity index is 1420. The molecule has 2 aliphatic heterocycles. The summed E-state index contributed by atoms with van der Waals surface area (Å²) in [5.74, 6) is -6.62. The summed E-state index contributed by atoms with van der Waals surface area (Å²) < 4.78 is 29.9. The maximum Gasteiger partial charge on any atom is 0.349 e. The minimum atomic E-state index is -3.80. The fourth-order valence-corrected chi connectivity index (χ4v) is 5.44. The molecule has 4 amide bonds. The summed E-state index contributed by atoms with van der Waals surface area (Å²) in [5, 5.41) is 2.01. The van der Waals surface area contributed by atoms with E-state index >= 15 is 0 Å². The predicted molar refractivity (Wildman–Crippen MR) is 163 cm³/mol. The van der Waals surface area contributed by atoms with Crippen molar-refractivity contribution in [3.63, 3.8) is 0 Å². The highest BCUT2D eigenvalue weighted by Crippen LogP contribution is 2.55. The van der Waals surface area contributed by atoms with Gasteiger partial charge in [0.05, 0.1) is 5.44 Å². The number of carbonyl (C=O) groups excluding carboxylic acids is 4. The quantitative estimate of drug-likeness (QED) is 0.293. The largest absolute Gasteiger partial charge is 0.357 e. The number of piperidine rings is 1. The van der Waals surface area contributed by atoms with E-state index in [1.165, 1.54) is 17.0 Å². The minimum Gasteiger partial charge on any atom is -0.357 e. The van der Waals surface area contributed by atoms with Crippen LogP contribution in [0.1, 0.15) is 27.0 Å². The summed E-state index contributed by atoms with van der Waals surface area (Å²) in [7, 11) is 11.9. The van der Waals surface area contributed by atoms with Crippen LogP contribution in [-0.2, 0) is 32.2 Å². The van der Waals surface area contributed by atoms with E-state index in [0.29, 0.717) is 16.7 Å². The molecule has 1 atom stereocenters. The number of fused-ring (bicyclic) bond motifs is 1. The second kappa shape index (κ2) is 9.08. The van der Waals surface area contributed by atoms with Crippen LogP contribution in [0.4, 0.5) is 8.78 Å². The highest BCUT2D eigenvalue weighted by atomic mass is 35.5. The van der Waals surface area contributed by atoms with Gasteiger partial charge >= 0.3 is 5.92 Å². The molecule has 2 heterocycles. The normalized spacial score (nSPS) is 22.2. The van der Waals surface area contributed by atoms with Crippen LogP contribution in [0.15, 0.2) is 42.5 Å². The number of rotatable bonds is 5. The smallest absolute Gasteiger partial charge is 0.349 e. The number of halogens is 3. The van der Waals surface area contributed by atoms with Gasteiger partial charge < -0.3 is 10.2 Å². The number of alkyl halides is 2. The SMILES string of the molecule is BC(B)(NC(=O)C(F)(F)c1ccc(Cl)cc1)c1ccc2c(c1)CN(C1(B)C(=O)NC(=O)C(B)(B)C1(B)B)C2=O. The van der Waals surface area contributed by atoms with Crippen LogP contribution in [0, 0.1) is 0 Å². The summed E-state index contributed by atoms with van der Waals surface area (Å²) in [6.07, 6.45) is 0. The number of nitrogens with one attached hydrogen (secondary N) is 2. The standard InChI is InChI=1S/C22H25B7ClF2N3O4/c23-19(24)16(38)33-17(39)20(25,22(19,28)29)35-8-9-7-11(3-6-13(9)14(35)36)21(26,27)34-15(37)18(31,32)10-1-4-12(30)5-2-10/h1-7H,8,23-29H2,(H,34,37)(H,33,38,39). The predicted octanol–water partition coefficient (Wildman–Crippen LogP) is -4.67. The molecular weight excluding hydrogens is 519 g/mol. The van der Waals surface area contributed by atoms with Crippen molar-refractivity contribution in [2.24, 2.45) is 0 Å². The molecule has 194 valence electrons. The molecule has 0 aromatic heterocycles. The van der Waals surface area contributed by atoms with Crippen molar-refractivity contribution in [2.45, 2.75) is 33.7 Å². The first-order valence-electron chi connectivity index (χ1n) is 12.6. The van der Waals surface area contributed by atoms with Crippen molar-refractivity contribution in [2.75, 3.05) is 0 Å². The van der Waals surface area contributed by atoms with E-state index < -0.39 is 50.4 Å². The lowest BCUT2D eigenvalue weighted by atomic mass is 9.21. The van der Waals surface area contributed by atoms with Gasteiger partial charge in [-0.25, -0.2) is 0 Å². The molecule has 7 nitrogen and oxygen atoms in total. The van der Waals surface area contributed by atoms with Crippen LogP contribution < -0.4 is 10.6 Å². The highest BCUT2D eigenvalue weighted by Gasteiger charge is 2.64. The third-order valence-electron chi connectivity index (χ3n) is 9.11. The molecule has 4 rings (SSSR count). The van der Waals surface area contributed by atoms with Gasteiger partial charge in [0.25, 0.3) is 11.8 Å². The minimum absolute atomic E-state index is 0.0740. The molecular formula is C22H25B7ClF2N3O4. The molecule has 1 fully saturated rings. The van der Waals surface area contributed by atoms with Gasteiger partial charge in [-0.15, -0.1) is 0 Å². The van der Waals surface area contributed by atoms with Crippen molar-refractivity contribution in [3.8, 4) is 0 Å². The van der Waals surface area contributed by atoms with Crippen LogP contribution in [0.25, 0.3) is 0 Å². The Kier molecular flexibility index (Phi) is 6.78. The molecule has 1 unspecified atom stereocenters. The molecule has 0 spiro atoms. The maximum atomic E-state index is 14.9. The van der Waals surface area contributed by atoms with Crippen molar-refractivity contribution < 1.29 is 28.0 Å². The number of benzene rings is 2. The number of hydrogen-bond donors (Lipinski definition) is 2. The fraction of sp³-hybridized carbons (Fsp3) is 0.273. The molecule has 17 heteroatoms. The Hall–Kier alpha value is -2.88.